The highest BCUT2D eigenvalue weighted by Crippen LogP contribution is 2.69. The van der Waals surface area contributed by atoms with Gasteiger partial charge < -0.3 is 19.6 Å². The molecule has 0 aromatic rings. The third-order valence-electron chi connectivity index (χ3n) is 8.84. The Kier molecular flexibility index (Phi) is 9.43. The number of thioether (sulfide) groups is 1. The number of esters is 1. The Labute approximate surface area is 239 Å². The number of hydrogen-bond acceptors (Lipinski definition) is 6. The van der Waals surface area contributed by atoms with Crippen molar-refractivity contribution in [2.24, 2.45) is 29.1 Å². The van der Waals surface area contributed by atoms with Crippen molar-refractivity contribution < 1.29 is 24.2 Å². The predicted octanol–water partition coefficient (Wildman–Crippen LogP) is 4.69. The van der Waals surface area contributed by atoms with Crippen LogP contribution in [-0.2, 0) is 19.1 Å². The van der Waals surface area contributed by atoms with Gasteiger partial charge >= 0.3 is 5.97 Å². The van der Waals surface area contributed by atoms with Crippen molar-refractivity contribution in [1.29, 1.82) is 0 Å². The molecule has 0 aliphatic carbocycles. The topological polar surface area (TPSA) is 87.1 Å². The molecule has 39 heavy (non-hydrogen) atoms. The molecule has 3 heterocycles. The molecule has 7 nitrogen and oxygen atoms in total. The van der Waals surface area contributed by atoms with Crippen LogP contribution in [0.5, 0.6) is 0 Å². The van der Waals surface area contributed by atoms with Crippen LogP contribution in [0, 0.1) is 29.1 Å². The number of rotatable bonds is 12. The average Bonchev–Trinajstić information content (AvgIpc) is 3.40. The summed E-state index contributed by atoms with van der Waals surface area (Å²) in [6.45, 7) is 24.6. The second-order valence-electron chi connectivity index (χ2n) is 13.8. The van der Waals surface area contributed by atoms with Crippen LogP contribution in [0.15, 0.2) is 25.3 Å². The van der Waals surface area contributed by atoms with Gasteiger partial charge in [0.05, 0.1) is 35.8 Å². The molecule has 2 bridgehead atoms. The SMILES string of the molecule is C=CCCOC(=O)[C@@H]1[C@H]2C(=O)N([C@@H](CO)C(C)C)C(C(=O)N(CC=C)C(C)(C)CC(C)(C)C)C23S[C@@H]1CC3C. The number of aliphatic hydroxyl groups is 1. The smallest absolute Gasteiger partial charge is 0.310 e. The molecule has 0 aromatic carbocycles. The van der Waals surface area contributed by atoms with Crippen LogP contribution < -0.4 is 0 Å². The van der Waals surface area contributed by atoms with Crippen molar-refractivity contribution in [1.82, 2.24) is 9.80 Å². The van der Waals surface area contributed by atoms with Crippen molar-refractivity contribution in [3.8, 4) is 0 Å². The summed E-state index contributed by atoms with van der Waals surface area (Å²) in [7, 11) is 0. The maximum atomic E-state index is 14.9. The first kappa shape index (κ1) is 31.7. The van der Waals surface area contributed by atoms with Crippen molar-refractivity contribution in [2.45, 2.75) is 102 Å². The molecule has 0 aromatic heterocycles. The highest BCUT2D eigenvalue weighted by Gasteiger charge is 2.77. The van der Waals surface area contributed by atoms with Gasteiger partial charge in [0, 0.05) is 17.3 Å². The van der Waals surface area contributed by atoms with Crippen LogP contribution in [-0.4, -0.2) is 80.1 Å². The van der Waals surface area contributed by atoms with Gasteiger partial charge in [0.25, 0.3) is 0 Å². The summed E-state index contributed by atoms with van der Waals surface area (Å²) in [5.74, 6) is -2.00. The van der Waals surface area contributed by atoms with E-state index in [1.165, 1.54) is 0 Å². The van der Waals surface area contributed by atoms with Gasteiger partial charge in [-0.05, 0) is 50.4 Å². The number of amides is 2. The number of hydrogen-bond donors (Lipinski definition) is 1. The molecule has 1 spiro atoms. The largest absolute Gasteiger partial charge is 0.465 e. The van der Waals surface area contributed by atoms with Gasteiger partial charge in [-0.3, -0.25) is 14.4 Å². The minimum absolute atomic E-state index is 0.0328. The van der Waals surface area contributed by atoms with Crippen LogP contribution in [0.25, 0.3) is 0 Å². The minimum Gasteiger partial charge on any atom is -0.465 e. The molecule has 3 aliphatic heterocycles. The second kappa shape index (κ2) is 11.6. The molecule has 3 saturated heterocycles. The molecule has 8 heteroatoms. The number of carbonyl (C=O) groups excluding carboxylic acids is 3. The summed E-state index contributed by atoms with van der Waals surface area (Å²) in [5, 5.41) is 10.4. The zero-order valence-corrected chi connectivity index (χ0v) is 26.1. The van der Waals surface area contributed by atoms with Crippen molar-refractivity contribution in [3.63, 3.8) is 0 Å². The molecule has 3 unspecified atom stereocenters. The summed E-state index contributed by atoms with van der Waals surface area (Å²) in [4.78, 5) is 46.3. The lowest BCUT2D eigenvalue weighted by molar-refractivity contribution is -0.155. The van der Waals surface area contributed by atoms with E-state index in [9.17, 15) is 19.5 Å². The molecule has 0 saturated carbocycles. The molecule has 3 aliphatic rings. The maximum Gasteiger partial charge on any atom is 0.310 e. The van der Waals surface area contributed by atoms with Crippen LogP contribution in [0.1, 0.15) is 74.7 Å². The number of ether oxygens (including phenoxy) is 1. The third kappa shape index (κ3) is 5.57. The van der Waals surface area contributed by atoms with Gasteiger partial charge in [0.15, 0.2) is 0 Å². The standard InChI is InChI=1S/C31H50N2O5S/c1-11-13-15-38-28(37)23-22-16-20(5)31(39-22)24(23)26(35)33(21(17-34)19(3)4)25(31)27(36)32(14-12-2)30(9,10)18-29(6,7)8/h11-12,19-25,34H,1-2,13-18H2,3-10H3/t20?,21-,22+,23-,24-,25?,31?/m0/s1. The van der Waals surface area contributed by atoms with Crippen LogP contribution in [0.2, 0.25) is 0 Å². The monoisotopic (exact) mass is 562 g/mol. The Morgan fingerprint density at radius 2 is 1.87 bits per heavy atom. The summed E-state index contributed by atoms with van der Waals surface area (Å²) in [6.07, 6.45) is 5.49. The zero-order chi connectivity index (χ0) is 29.5. The van der Waals surface area contributed by atoms with E-state index in [0.29, 0.717) is 13.0 Å². The molecular weight excluding hydrogens is 512 g/mol. The summed E-state index contributed by atoms with van der Waals surface area (Å²) in [6, 6.07) is -1.32. The second-order valence-corrected chi connectivity index (χ2v) is 15.4. The fraction of sp³-hybridized carbons (Fsp3) is 0.774. The Bertz CT molecular complexity index is 973. The van der Waals surface area contributed by atoms with E-state index < -0.39 is 34.2 Å². The molecule has 1 N–H and O–H groups in total. The Morgan fingerprint density at radius 3 is 2.38 bits per heavy atom. The van der Waals surface area contributed by atoms with Gasteiger partial charge in [-0.15, -0.1) is 24.9 Å². The summed E-state index contributed by atoms with van der Waals surface area (Å²) >= 11 is 1.64. The number of likely N-dealkylation sites (tertiary alicyclic amines) is 1. The van der Waals surface area contributed by atoms with Crippen molar-refractivity contribution in [3.05, 3.63) is 25.3 Å². The van der Waals surface area contributed by atoms with Gasteiger partial charge in [0.1, 0.15) is 6.04 Å². The summed E-state index contributed by atoms with van der Waals surface area (Å²) < 4.78 is 4.85. The fourth-order valence-corrected chi connectivity index (χ4v) is 10.0. The maximum absolute atomic E-state index is 14.9. The highest BCUT2D eigenvalue weighted by molar-refractivity contribution is 8.02. The van der Waals surface area contributed by atoms with E-state index in [1.54, 1.807) is 28.8 Å². The first-order valence-electron chi connectivity index (χ1n) is 14.4. The predicted molar refractivity (Wildman–Crippen MR) is 157 cm³/mol. The van der Waals surface area contributed by atoms with Crippen molar-refractivity contribution >= 4 is 29.5 Å². The molecule has 2 amide bonds. The van der Waals surface area contributed by atoms with Crippen LogP contribution >= 0.6 is 11.8 Å². The number of nitrogens with zero attached hydrogens (tertiary/aromatic N) is 2. The van der Waals surface area contributed by atoms with Crippen LogP contribution in [0.4, 0.5) is 0 Å². The Hall–Kier alpha value is -1.80. The van der Waals surface area contributed by atoms with E-state index >= 15 is 0 Å². The first-order chi connectivity index (χ1) is 18.1. The van der Waals surface area contributed by atoms with E-state index in [4.69, 9.17) is 4.74 Å². The lowest BCUT2D eigenvalue weighted by Crippen LogP contribution is -2.63. The van der Waals surface area contributed by atoms with Gasteiger partial charge in [0.2, 0.25) is 11.8 Å². The quantitative estimate of drug-likeness (QED) is 0.211. The lowest BCUT2D eigenvalue weighted by atomic mass is 9.66. The Balaban J connectivity index is 2.15. The highest BCUT2D eigenvalue weighted by atomic mass is 32.2. The number of fused-ring (bicyclic) bond motifs is 1. The molecule has 3 fully saturated rings. The fourth-order valence-electron chi connectivity index (χ4n) is 7.63. The minimum atomic E-state index is -0.787. The summed E-state index contributed by atoms with van der Waals surface area (Å²) in [5.41, 5.74) is -0.540. The van der Waals surface area contributed by atoms with E-state index in [0.717, 1.165) is 12.8 Å². The van der Waals surface area contributed by atoms with Gasteiger partial charge in [-0.25, -0.2) is 0 Å². The average molecular weight is 563 g/mol. The lowest BCUT2D eigenvalue weighted by Gasteiger charge is -2.48. The zero-order valence-electron chi connectivity index (χ0n) is 25.2. The normalized spacial score (nSPS) is 30.9. The van der Waals surface area contributed by atoms with E-state index in [1.807, 2.05) is 18.7 Å². The third-order valence-corrected chi connectivity index (χ3v) is 10.9. The first-order valence-corrected chi connectivity index (χ1v) is 15.3. The van der Waals surface area contributed by atoms with Crippen molar-refractivity contribution in [2.75, 3.05) is 19.8 Å². The van der Waals surface area contributed by atoms with Gasteiger partial charge in [-0.2, -0.15) is 0 Å². The number of carbonyl (C=O) groups is 3. The van der Waals surface area contributed by atoms with Gasteiger partial charge in [-0.1, -0.05) is 53.7 Å². The molecular formula is C31H50N2O5S. The number of aliphatic hydroxyl groups excluding tert-OH is 1. The Morgan fingerprint density at radius 1 is 1.23 bits per heavy atom. The molecule has 3 rings (SSSR count). The molecule has 220 valence electrons. The molecule has 7 atom stereocenters. The molecule has 0 radical (unpaired) electrons. The van der Waals surface area contributed by atoms with E-state index in [2.05, 4.69) is 54.7 Å². The van der Waals surface area contributed by atoms with E-state index in [-0.39, 0.29) is 53.5 Å². The van der Waals surface area contributed by atoms with Crippen LogP contribution in [0.3, 0.4) is 0 Å².